The van der Waals surface area contributed by atoms with Gasteiger partial charge in [0.05, 0.1) is 5.69 Å². The molecule has 1 saturated heterocycles. The molecule has 1 fully saturated rings. The van der Waals surface area contributed by atoms with Gasteiger partial charge in [0.1, 0.15) is 5.82 Å². The van der Waals surface area contributed by atoms with Crippen LogP contribution in [0.1, 0.15) is 26.3 Å². The zero-order valence-corrected chi connectivity index (χ0v) is 13.7. The van der Waals surface area contributed by atoms with Crippen molar-refractivity contribution in [2.24, 2.45) is 5.92 Å². The molecule has 1 aliphatic heterocycles. The average molecular weight is 293 g/mol. The molecule has 0 bridgehead atoms. The van der Waals surface area contributed by atoms with E-state index in [0.29, 0.717) is 12.0 Å². The molecule has 4 heteroatoms. The molecule has 1 N–H and O–H groups in total. The van der Waals surface area contributed by atoms with E-state index in [0.717, 1.165) is 44.0 Å². The van der Waals surface area contributed by atoms with Gasteiger partial charge in [-0.05, 0) is 38.1 Å². The second-order valence-electron chi connectivity index (χ2n) is 6.58. The molecule has 0 spiro atoms. The molecule has 1 unspecified atom stereocenters. The summed E-state index contributed by atoms with van der Waals surface area (Å²) in [6, 6.07) is 5.76. The normalized spacial score (nSPS) is 20.3. The first-order valence-electron chi connectivity index (χ1n) is 7.92. The topological polar surface area (TPSA) is 18.5 Å². The number of likely N-dealkylation sites (N-methyl/N-ethyl adjacent to an activating group) is 1. The molecule has 3 nitrogen and oxygen atoms in total. The molecule has 0 amide bonds. The minimum absolute atomic E-state index is 0.102. The van der Waals surface area contributed by atoms with Gasteiger partial charge in [0.2, 0.25) is 0 Å². The molecular weight excluding hydrogens is 265 g/mol. The van der Waals surface area contributed by atoms with Crippen molar-refractivity contribution < 1.29 is 4.39 Å². The van der Waals surface area contributed by atoms with Crippen molar-refractivity contribution in [3.63, 3.8) is 0 Å². The van der Waals surface area contributed by atoms with Crippen LogP contribution in [-0.4, -0.2) is 44.2 Å². The Morgan fingerprint density at radius 3 is 2.76 bits per heavy atom. The fourth-order valence-electron chi connectivity index (χ4n) is 2.99. The minimum Gasteiger partial charge on any atom is -0.364 e. The van der Waals surface area contributed by atoms with Gasteiger partial charge in [-0.3, -0.25) is 0 Å². The molecule has 0 radical (unpaired) electrons. The van der Waals surface area contributed by atoms with Crippen molar-refractivity contribution >= 4 is 5.69 Å². The summed E-state index contributed by atoms with van der Waals surface area (Å²) in [5, 5.41) is 3.43. The molecule has 1 heterocycles. The third kappa shape index (κ3) is 4.17. The Morgan fingerprint density at radius 1 is 1.33 bits per heavy atom. The molecule has 1 aliphatic rings. The summed E-state index contributed by atoms with van der Waals surface area (Å²) in [6.45, 7) is 11.1. The number of halogens is 1. The van der Waals surface area contributed by atoms with Crippen LogP contribution in [0.3, 0.4) is 0 Å². The second-order valence-corrected chi connectivity index (χ2v) is 6.58. The van der Waals surface area contributed by atoms with Gasteiger partial charge >= 0.3 is 0 Å². The van der Waals surface area contributed by atoms with Crippen molar-refractivity contribution in [2.75, 3.05) is 38.1 Å². The van der Waals surface area contributed by atoms with Crippen molar-refractivity contribution in [3.05, 3.63) is 29.6 Å². The fourth-order valence-corrected chi connectivity index (χ4v) is 2.99. The summed E-state index contributed by atoms with van der Waals surface area (Å²) in [4.78, 5) is 4.53. The maximum absolute atomic E-state index is 14.4. The number of anilines is 1. The summed E-state index contributed by atoms with van der Waals surface area (Å²) in [5.74, 6) is 0.500. The lowest BCUT2D eigenvalue weighted by Crippen LogP contribution is -2.51. The van der Waals surface area contributed by atoms with Gasteiger partial charge in [-0.2, -0.15) is 0 Å². The Hall–Kier alpha value is -1.13. The Labute approximate surface area is 128 Å². The zero-order chi connectivity index (χ0) is 15.4. The van der Waals surface area contributed by atoms with E-state index < -0.39 is 0 Å². The number of hydrogen-bond donors (Lipinski definition) is 1. The van der Waals surface area contributed by atoms with Crippen LogP contribution in [0.4, 0.5) is 10.1 Å². The number of piperazine rings is 1. The van der Waals surface area contributed by atoms with Gasteiger partial charge in [-0.1, -0.05) is 26.0 Å². The summed E-state index contributed by atoms with van der Waals surface area (Å²) < 4.78 is 14.4. The van der Waals surface area contributed by atoms with E-state index in [2.05, 4.69) is 42.9 Å². The van der Waals surface area contributed by atoms with Crippen LogP contribution in [0.15, 0.2) is 18.2 Å². The van der Waals surface area contributed by atoms with E-state index in [-0.39, 0.29) is 5.82 Å². The van der Waals surface area contributed by atoms with Crippen molar-refractivity contribution in [1.82, 2.24) is 10.2 Å². The molecule has 118 valence electrons. The highest BCUT2D eigenvalue weighted by atomic mass is 19.1. The first-order valence-corrected chi connectivity index (χ1v) is 7.92. The molecule has 0 aromatic heterocycles. The average Bonchev–Trinajstić information content (AvgIpc) is 2.40. The Kier molecular flexibility index (Phi) is 5.59. The van der Waals surface area contributed by atoms with Gasteiger partial charge in [-0.25, -0.2) is 4.39 Å². The largest absolute Gasteiger partial charge is 0.364 e. The predicted octanol–water partition coefficient (Wildman–Crippen LogP) is 2.71. The van der Waals surface area contributed by atoms with E-state index in [1.807, 2.05) is 12.1 Å². The summed E-state index contributed by atoms with van der Waals surface area (Å²) in [6.07, 6.45) is 0. The standard InChI is InChI=1S/C17H28FN3/c1-13(2)10-19-11-15-6-5-7-16(18)17(15)21-9-8-20(4)12-14(21)3/h5-7,13-14,19H,8-12H2,1-4H3. The lowest BCUT2D eigenvalue weighted by Gasteiger charge is -2.40. The maximum atomic E-state index is 14.4. The van der Waals surface area contributed by atoms with Gasteiger partial charge < -0.3 is 15.1 Å². The van der Waals surface area contributed by atoms with E-state index in [1.165, 1.54) is 0 Å². The molecule has 2 rings (SSSR count). The van der Waals surface area contributed by atoms with Crippen LogP contribution in [-0.2, 0) is 6.54 Å². The van der Waals surface area contributed by atoms with Gasteiger partial charge in [0.25, 0.3) is 0 Å². The van der Waals surface area contributed by atoms with Crippen LogP contribution >= 0.6 is 0 Å². The van der Waals surface area contributed by atoms with Gasteiger partial charge in [0.15, 0.2) is 0 Å². The molecular formula is C17H28FN3. The highest BCUT2D eigenvalue weighted by Crippen LogP contribution is 2.28. The number of para-hydroxylation sites is 1. The Balaban J connectivity index is 2.17. The SMILES string of the molecule is CC(C)CNCc1cccc(F)c1N1CCN(C)CC1C. The maximum Gasteiger partial charge on any atom is 0.146 e. The molecule has 1 aromatic carbocycles. The van der Waals surface area contributed by atoms with E-state index in [4.69, 9.17) is 0 Å². The highest BCUT2D eigenvalue weighted by Gasteiger charge is 2.25. The van der Waals surface area contributed by atoms with Crippen LogP contribution in [0, 0.1) is 11.7 Å². The van der Waals surface area contributed by atoms with E-state index >= 15 is 0 Å². The predicted molar refractivity (Wildman–Crippen MR) is 87.2 cm³/mol. The lowest BCUT2D eigenvalue weighted by molar-refractivity contribution is 0.274. The first kappa shape index (κ1) is 16.2. The number of hydrogen-bond acceptors (Lipinski definition) is 3. The number of rotatable bonds is 5. The van der Waals surface area contributed by atoms with Crippen LogP contribution in [0.5, 0.6) is 0 Å². The van der Waals surface area contributed by atoms with Crippen LogP contribution in [0.25, 0.3) is 0 Å². The van der Waals surface area contributed by atoms with Crippen molar-refractivity contribution in [3.8, 4) is 0 Å². The number of benzene rings is 1. The van der Waals surface area contributed by atoms with Crippen molar-refractivity contribution in [2.45, 2.75) is 33.4 Å². The monoisotopic (exact) mass is 293 g/mol. The Bertz CT molecular complexity index is 461. The quantitative estimate of drug-likeness (QED) is 0.900. The first-order chi connectivity index (χ1) is 9.99. The smallest absolute Gasteiger partial charge is 0.146 e. The summed E-state index contributed by atoms with van der Waals surface area (Å²) in [7, 11) is 2.13. The molecule has 1 aromatic rings. The lowest BCUT2D eigenvalue weighted by atomic mass is 10.1. The van der Waals surface area contributed by atoms with E-state index in [1.54, 1.807) is 6.07 Å². The highest BCUT2D eigenvalue weighted by molar-refractivity contribution is 5.56. The third-order valence-electron chi connectivity index (χ3n) is 4.06. The minimum atomic E-state index is -0.102. The zero-order valence-electron chi connectivity index (χ0n) is 13.7. The van der Waals surface area contributed by atoms with Crippen LogP contribution in [0.2, 0.25) is 0 Å². The second kappa shape index (κ2) is 7.23. The third-order valence-corrected chi connectivity index (χ3v) is 4.06. The van der Waals surface area contributed by atoms with Crippen molar-refractivity contribution in [1.29, 1.82) is 0 Å². The fraction of sp³-hybridized carbons (Fsp3) is 0.647. The number of nitrogens with zero attached hydrogens (tertiary/aromatic N) is 2. The molecule has 0 saturated carbocycles. The summed E-state index contributed by atoms with van der Waals surface area (Å²) >= 11 is 0. The summed E-state index contributed by atoms with van der Waals surface area (Å²) in [5.41, 5.74) is 1.85. The van der Waals surface area contributed by atoms with Crippen LogP contribution < -0.4 is 10.2 Å². The van der Waals surface area contributed by atoms with E-state index in [9.17, 15) is 4.39 Å². The number of nitrogens with one attached hydrogen (secondary N) is 1. The van der Waals surface area contributed by atoms with Gasteiger partial charge in [-0.15, -0.1) is 0 Å². The molecule has 21 heavy (non-hydrogen) atoms. The molecule has 0 aliphatic carbocycles. The van der Waals surface area contributed by atoms with Gasteiger partial charge in [0, 0.05) is 32.2 Å². The molecule has 1 atom stereocenters. The Morgan fingerprint density at radius 2 is 2.10 bits per heavy atom.